The minimum Gasteiger partial charge on any atom is -0.354 e. The number of hydrogen-bond acceptors (Lipinski definition) is 4. The lowest BCUT2D eigenvalue weighted by molar-refractivity contribution is 0.140. The van der Waals surface area contributed by atoms with Crippen molar-refractivity contribution in [1.29, 1.82) is 0 Å². The third kappa shape index (κ3) is 4.02. The van der Waals surface area contributed by atoms with Crippen molar-refractivity contribution in [3.8, 4) is 0 Å². The van der Waals surface area contributed by atoms with E-state index in [1.165, 1.54) is 36.9 Å². The molecule has 25 heavy (non-hydrogen) atoms. The Kier molecular flexibility index (Phi) is 5.28. The van der Waals surface area contributed by atoms with Crippen LogP contribution in [0.25, 0.3) is 0 Å². The summed E-state index contributed by atoms with van der Waals surface area (Å²) in [6.45, 7) is 6.42. The second-order valence-corrected chi connectivity index (χ2v) is 7.15. The molecule has 1 N–H and O–H groups in total. The average molecular weight is 336 g/mol. The van der Waals surface area contributed by atoms with Gasteiger partial charge in [0.05, 0.1) is 0 Å². The molecule has 1 atom stereocenters. The molecule has 0 unspecified atom stereocenters. The summed E-state index contributed by atoms with van der Waals surface area (Å²) in [5.74, 6) is 1.12. The van der Waals surface area contributed by atoms with Crippen LogP contribution in [0, 0.1) is 0 Å². The van der Waals surface area contributed by atoms with Crippen molar-refractivity contribution < 1.29 is 0 Å². The van der Waals surface area contributed by atoms with Gasteiger partial charge in [-0.15, -0.1) is 0 Å². The second-order valence-electron chi connectivity index (χ2n) is 7.15. The van der Waals surface area contributed by atoms with Crippen LogP contribution in [0.5, 0.6) is 0 Å². The smallest absolute Gasteiger partial charge is 0.128 e. The van der Waals surface area contributed by atoms with Crippen molar-refractivity contribution in [2.75, 3.05) is 37.6 Å². The van der Waals surface area contributed by atoms with E-state index in [4.69, 9.17) is 4.98 Å². The number of anilines is 1. The molecule has 132 valence electrons. The first-order valence-electron chi connectivity index (χ1n) is 9.60. The zero-order valence-electron chi connectivity index (χ0n) is 14.9. The van der Waals surface area contributed by atoms with E-state index in [1.807, 2.05) is 0 Å². The van der Waals surface area contributed by atoms with Gasteiger partial charge in [-0.05, 0) is 36.6 Å². The molecule has 0 spiro atoms. The van der Waals surface area contributed by atoms with Crippen LogP contribution in [0.4, 0.5) is 5.82 Å². The van der Waals surface area contributed by atoms with Crippen molar-refractivity contribution in [1.82, 2.24) is 15.2 Å². The third-order valence-electron chi connectivity index (χ3n) is 5.44. The maximum atomic E-state index is 4.79. The molecule has 2 saturated heterocycles. The average Bonchev–Trinajstić information content (AvgIpc) is 2.70. The molecule has 0 bridgehead atoms. The summed E-state index contributed by atoms with van der Waals surface area (Å²) in [6.07, 6.45) is 5.97. The number of hydrogen-bond donors (Lipinski definition) is 1. The van der Waals surface area contributed by atoms with Crippen LogP contribution >= 0.6 is 0 Å². The maximum absolute atomic E-state index is 4.79. The summed E-state index contributed by atoms with van der Waals surface area (Å²) >= 11 is 0. The topological polar surface area (TPSA) is 31.4 Å². The van der Waals surface area contributed by atoms with Gasteiger partial charge in [0.15, 0.2) is 0 Å². The summed E-state index contributed by atoms with van der Waals surface area (Å²) in [5, 5.41) is 3.40. The molecule has 2 aliphatic rings. The van der Waals surface area contributed by atoms with Crippen molar-refractivity contribution in [3.63, 3.8) is 0 Å². The van der Waals surface area contributed by atoms with Crippen LogP contribution < -0.4 is 10.2 Å². The molecule has 2 fully saturated rings. The fourth-order valence-corrected chi connectivity index (χ4v) is 4.05. The van der Waals surface area contributed by atoms with E-state index in [0.717, 1.165) is 38.5 Å². The Balaban J connectivity index is 1.48. The first-order chi connectivity index (χ1) is 12.4. The number of rotatable bonds is 4. The molecule has 0 aliphatic carbocycles. The first kappa shape index (κ1) is 16.6. The summed E-state index contributed by atoms with van der Waals surface area (Å²) in [7, 11) is 0. The van der Waals surface area contributed by atoms with E-state index in [2.05, 4.69) is 63.8 Å². The van der Waals surface area contributed by atoms with Crippen molar-refractivity contribution in [2.45, 2.75) is 31.8 Å². The van der Waals surface area contributed by atoms with Gasteiger partial charge in [-0.1, -0.05) is 42.8 Å². The second kappa shape index (κ2) is 7.98. The normalized spacial score (nSPS) is 22.1. The Labute approximate surface area is 150 Å². The molecule has 4 rings (SSSR count). The van der Waals surface area contributed by atoms with E-state index in [-0.39, 0.29) is 0 Å². The van der Waals surface area contributed by atoms with Crippen LogP contribution in [0.2, 0.25) is 0 Å². The van der Waals surface area contributed by atoms with Crippen LogP contribution in [0.1, 0.15) is 36.4 Å². The van der Waals surface area contributed by atoms with Crippen molar-refractivity contribution in [2.24, 2.45) is 0 Å². The van der Waals surface area contributed by atoms with E-state index in [9.17, 15) is 0 Å². The number of aromatic nitrogens is 1. The fraction of sp³-hybridized carbons (Fsp3) is 0.476. The van der Waals surface area contributed by atoms with Gasteiger partial charge >= 0.3 is 0 Å². The molecule has 2 aliphatic heterocycles. The Morgan fingerprint density at radius 2 is 1.80 bits per heavy atom. The predicted molar refractivity (Wildman–Crippen MR) is 103 cm³/mol. The van der Waals surface area contributed by atoms with Crippen LogP contribution in [-0.4, -0.2) is 42.6 Å². The highest BCUT2D eigenvalue weighted by Gasteiger charge is 2.24. The SMILES string of the molecule is c1ccc(CN2CCCC[C@@H]2c2ccc(N3CCNCC3)nc2)cc1. The number of nitrogens with zero attached hydrogens (tertiary/aromatic N) is 3. The van der Waals surface area contributed by atoms with Crippen molar-refractivity contribution >= 4 is 5.82 Å². The number of pyridine rings is 1. The third-order valence-corrected chi connectivity index (χ3v) is 5.44. The molecule has 2 aromatic rings. The standard InChI is InChI=1S/C21H28N4/c1-2-6-18(7-3-1)17-25-13-5-4-8-20(25)19-9-10-21(23-16-19)24-14-11-22-12-15-24/h1-3,6-7,9-10,16,20,22H,4-5,8,11-15,17H2/t20-/m1/s1. The maximum Gasteiger partial charge on any atom is 0.128 e. The molecule has 4 heteroatoms. The molecular weight excluding hydrogens is 308 g/mol. The van der Waals surface area contributed by atoms with Gasteiger partial charge in [-0.2, -0.15) is 0 Å². The molecule has 0 amide bonds. The van der Waals surface area contributed by atoms with E-state index < -0.39 is 0 Å². The van der Waals surface area contributed by atoms with Gasteiger partial charge < -0.3 is 10.2 Å². The number of likely N-dealkylation sites (tertiary alicyclic amines) is 1. The minimum absolute atomic E-state index is 0.499. The number of benzene rings is 1. The lowest BCUT2D eigenvalue weighted by Gasteiger charge is -2.36. The molecule has 1 aromatic heterocycles. The molecule has 1 aromatic carbocycles. The summed E-state index contributed by atoms with van der Waals surface area (Å²) in [6, 6.07) is 15.9. The summed E-state index contributed by atoms with van der Waals surface area (Å²) < 4.78 is 0. The summed E-state index contributed by atoms with van der Waals surface area (Å²) in [5.41, 5.74) is 2.77. The lowest BCUT2D eigenvalue weighted by atomic mass is 9.95. The summed E-state index contributed by atoms with van der Waals surface area (Å²) in [4.78, 5) is 9.79. The number of nitrogens with one attached hydrogen (secondary N) is 1. The monoisotopic (exact) mass is 336 g/mol. The van der Waals surface area contributed by atoms with Crippen LogP contribution in [0.3, 0.4) is 0 Å². The molecule has 0 radical (unpaired) electrons. The first-order valence-corrected chi connectivity index (χ1v) is 9.60. The van der Waals surface area contributed by atoms with Gasteiger partial charge in [-0.3, -0.25) is 4.90 Å². The molecule has 3 heterocycles. The van der Waals surface area contributed by atoms with E-state index in [0.29, 0.717) is 6.04 Å². The Bertz CT molecular complexity index is 649. The van der Waals surface area contributed by atoms with Crippen molar-refractivity contribution in [3.05, 3.63) is 59.8 Å². The Morgan fingerprint density at radius 3 is 2.56 bits per heavy atom. The van der Waals surface area contributed by atoms with Gasteiger partial charge in [0, 0.05) is 45.0 Å². The minimum atomic E-state index is 0.499. The largest absolute Gasteiger partial charge is 0.354 e. The Hall–Kier alpha value is -1.91. The molecule has 0 saturated carbocycles. The van der Waals surface area contributed by atoms with Crippen LogP contribution in [0.15, 0.2) is 48.7 Å². The highest BCUT2D eigenvalue weighted by atomic mass is 15.2. The zero-order chi connectivity index (χ0) is 16.9. The number of piperidine rings is 1. The van der Waals surface area contributed by atoms with Gasteiger partial charge in [0.1, 0.15) is 5.82 Å². The fourth-order valence-electron chi connectivity index (χ4n) is 4.05. The van der Waals surface area contributed by atoms with Gasteiger partial charge in [0.25, 0.3) is 0 Å². The lowest BCUT2D eigenvalue weighted by Crippen LogP contribution is -2.43. The van der Waals surface area contributed by atoms with E-state index in [1.54, 1.807) is 0 Å². The van der Waals surface area contributed by atoms with Gasteiger partial charge in [0.2, 0.25) is 0 Å². The van der Waals surface area contributed by atoms with Gasteiger partial charge in [-0.25, -0.2) is 4.98 Å². The predicted octanol–water partition coefficient (Wildman–Crippen LogP) is 3.22. The highest BCUT2D eigenvalue weighted by molar-refractivity contribution is 5.40. The zero-order valence-corrected chi connectivity index (χ0v) is 14.9. The Morgan fingerprint density at radius 1 is 0.960 bits per heavy atom. The molecular formula is C21H28N4. The number of piperazine rings is 1. The highest BCUT2D eigenvalue weighted by Crippen LogP contribution is 2.32. The van der Waals surface area contributed by atoms with Crippen LogP contribution in [-0.2, 0) is 6.54 Å². The molecule has 4 nitrogen and oxygen atoms in total. The van der Waals surface area contributed by atoms with E-state index >= 15 is 0 Å². The quantitative estimate of drug-likeness (QED) is 0.929.